The molecule has 1 aromatic heterocycles. The van der Waals surface area contributed by atoms with E-state index in [2.05, 4.69) is 24.0 Å². The van der Waals surface area contributed by atoms with Crippen molar-refractivity contribution in [3.8, 4) is 0 Å². The fraction of sp³-hybridized carbons (Fsp3) is 0.875. The Hall–Kier alpha value is -0.940. The minimum Gasteiger partial charge on any atom is -0.367 e. The average molecular weight is 295 g/mol. The van der Waals surface area contributed by atoms with Gasteiger partial charge in [-0.15, -0.1) is 0 Å². The van der Waals surface area contributed by atoms with Crippen LogP contribution in [0.4, 0.5) is 0 Å². The van der Waals surface area contributed by atoms with Crippen molar-refractivity contribution in [2.45, 2.75) is 77.9 Å². The molecule has 2 rings (SSSR count). The largest absolute Gasteiger partial charge is 0.367 e. The van der Waals surface area contributed by atoms with E-state index in [-0.39, 0.29) is 17.6 Å². The molecule has 1 fully saturated rings. The van der Waals surface area contributed by atoms with Gasteiger partial charge < -0.3 is 15.0 Å². The molecule has 1 heterocycles. The van der Waals surface area contributed by atoms with Crippen LogP contribution in [0.15, 0.2) is 4.52 Å². The van der Waals surface area contributed by atoms with Gasteiger partial charge in [0.2, 0.25) is 11.7 Å². The van der Waals surface area contributed by atoms with Gasteiger partial charge in [-0.3, -0.25) is 0 Å². The van der Waals surface area contributed by atoms with Crippen molar-refractivity contribution in [2.24, 2.45) is 11.1 Å². The first kappa shape index (κ1) is 16.4. The fourth-order valence-corrected chi connectivity index (χ4v) is 2.87. The highest BCUT2D eigenvalue weighted by atomic mass is 16.5. The number of nitrogens with zero attached hydrogens (tertiary/aromatic N) is 2. The summed E-state index contributed by atoms with van der Waals surface area (Å²) >= 11 is 0. The molecule has 21 heavy (non-hydrogen) atoms. The monoisotopic (exact) mass is 295 g/mol. The van der Waals surface area contributed by atoms with Crippen molar-refractivity contribution in [1.82, 2.24) is 10.1 Å². The van der Waals surface area contributed by atoms with Crippen LogP contribution in [0.25, 0.3) is 0 Å². The summed E-state index contributed by atoms with van der Waals surface area (Å²) in [6.45, 7) is 11.3. The zero-order valence-corrected chi connectivity index (χ0v) is 14.0. The Morgan fingerprint density at radius 2 is 1.86 bits per heavy atom. The molecule has 0 spiro atoms. The predicted molar refractivity (Wildman–Crippen MR) is 81.9 cm³/mol. The lowest BCUT2D eigenvalue weighted by molar-refractivity contribution is -0.0957. The SMILES string of the molecule is CCOC1(c2noc(C(C)C(C)N)n2)CCC(C)(C)CC1. The van der Waals surface area contributed by atoms with E-state index >= 15 is 0 Å². The van der Waals surface area contributed by atoms with E-state index < -0.39 is 0 Å². The number of ether oxygens (including phenoxy) is 1. The van der Waals surface area contributed by atoms with E-state index in [9.17, 15) is 0 Å². The van der Waals surface area contributed by atoms with Gasteiger partial charge in [-0.05, 0) is 44.9 Å². The summed E-state index contributed by atoms with van der Waals surface area (Å²) in [7, 11) is 0. The molecule has 1 aliphatic carbocycles. The Bertz CT molecular complexity index is 458. The lowest BCUT2D eigenvalue weighted by Crippen LogP contribution is -2.38. The molecule has 120 valence electrons. The molecule has 5 heteroatoms. The molecule has 1 saturated carbocycles. The first-order chi connectivity index (χ1) is 9.80. The van der Waals surface area contributed by atoms with Crippen LogP contribution in [-0.2, 0) is 10.3 Å². The number of hydrogen-bond donors (Lipinski definition) is 1. The molecule has 0 amide bonds. The third kappa shape index (κ3) is 3.46. The minimum absolute atomic E-state index is 0.00775. The Morgan fingerprint density at radius 3 is 2.38 bits per heavy atom. The van der Waals surface area contributed by atoms with Crippen LogP contribution in [-0.4, -0.2) is 22.8 Å². The first-order valence-corrected chi connectivity index (χ1v) is 8.03. The van der Waals surface area contributed by atoms with Gasteiger partial charge in [0, 0.05) is 12.6 Å². The number of rotatable bonds is 5. The van der Waals surface area contributed by atoms with Crippen LogP contribution in [0.1, 0.15) is 77.9 Å². The zero-order valence-electron chi connectivity index (χ0n) is 14.0. The smallest absolute Gasteiger partial charge is 0.231 e. The highest BCUT2D eigenvalue weighted by molar-refractivity contribution is 5.07. The molecule has 2 unspecified atom stereocenters. The van der Waals surface area contributed by atoms with Crippen molar-refractivity contribution in [2.75, 3.05) is 6.61 Å². The summed E-state index contributed by atoms with van der Waals surface area (Å²) in [6.07, 6.45) is 4.11. The second-order valence-corrected chi connectivity index (χ2v) is 7.20. The van der Waals surface area contributed by atoms with Crippen molar-refractivity contribution in [3.63, 3.8) is 0 Å². The second kappa shape index (κ2) is 6.05. The third-order valence-electron chi connectivity index (χ3n) is 4.86. The Morgan fingerprint density at radius 1 is 1.24 bits per heavy atom. The van der Waals surface area contributed by atoms with E-state index in [1.165, 1.54) is 0 Å². The fourth-order valence-electron chi connectivity index (χ4n) is 2.87. The van der Waals surface area contributed by atoms with E-state index in [4.69, 9.17) is 15.0 Å². The third-order valence-corrected chi connectivity index (χ3v) is 4.86. The normalized spacial score (nSPS) is 23.7. The summed E-state index contributed by atoms with van der Waals surface area (Å²) in [5.41, 5.74) is 5.91. The van der Waals surface area contributed by atoms with Crippen molar-refractivity contribution < 1.29 is 9.26 Å². The predicted octanol–water partition coefficient (Wildman–Crippen LogP) is 3.35. The lowest BCUT2D eigenvalue weighted by atomic mass is 9.70. The van der Waals surface area contributed by atoms with Gasteiger partial charge in [-0.1, -0.05) is 25.9 Å². The quantitative estimate of drug-likeness (QED) is 0.901. The summed E-state index contributed by atoms with van der Waals surface area (Å²) in [6, 6.07) is -0.00775. The Balaban J connectivity index is 2.23. The lowest BCUT2D eigenvalue weighted by Gasteiger charge is -2.41. The summed E-state index contributed by atoms with van der Waals surface area (Å²) in [4.78, 5) is 4.61. The Labute approximate surface area is 127 Å². The maximum absolute atomic E-state index is 6.09. The van der Waals surface area contributed by atoms with Gasteiger partial charge in [0.15, 0.2) is 0 Å². The summed E-state index contributed by atoms with van der Waals surface area (Å²) in [5, 5.41) is 4.22. The Kier molecular flexibility index (Phi) is 4.73. The van der Waals surface area contributed by atoms with E-state index in [0.29, 0.717) is 23.7 Å². The topological polar surface area (TPSA) is 74.2 Å². The maximum atomic E-state index is 6.09. The van der Waals surface area contributed by atoms with Gasteiger partial charge in [0.1, 0.15) is 5.60 Å². The molecule has 5 nitrogen and oxygen atoms in total. The molecule has 2 atom stereocenters. The van der Waals surface area contributed by atoms with Crippen LogP contribution in [0.5, 0.6) is 0 Å². The van der Waals surface area contributed by atoms with Gasteiger partial charge in [0.25, 0.3) is 0 Å². The molecular formula is C16H29N3O2. The average Bonchev–Trinajstić information content (AvgIpc) is 2.91. The minimum atomic E-state index is -0.385. The van der Waals surface area contributed by atoms with E-state index in [0.717, 1.165) is 25.7 Å². The van der Waals surface area contributed by atoms with Gasteiger partial charge in [-0.2, -0.15) is 4.98 Å². The molecular weight excluding hydrogens is 266 g/mol. The number of nitrogens with two attached hydrogens (primary N) is 1. The summed E-state index contributed by atoms with van der Waals surface area (Å²) in [5.74, 6) is 1.37. The molecule has 0 aliphatic heterocycles. The van der Waals surface area contributed by atoms with Crippen LogP contribution >= 0.6 is 0 Å². The second-order valence-electron chi connectivity index (χ2n) is 7.20. The van der Waals surface area contributed by atoms with Crippen molar-refractivity contribution in [3.05, 3.63) is 11.7 Å². The maximum Gasteiger partial charge on any atom is 0.231 e. The first-order valence-electron chi connectivity index (χ1n) is 8.03. The van der Waals surface area contributed by atoms with Gasteiger partial charge in [0.05, 0.1) is 5.92 Å². The molecule has 0 aromatic carbocycles. The highest BCUT2D eigenvalue weighted by Gasteiger charge is 2.44. The van der Waals surface area contributed by atoms with Crippen LogP contribution in [0.2, 0.25) is 0 Å². The number of hydrogen-bond acceptors (Lipinski definition) is 5. The summed E-state index contributed by atoms with van der Waals surface area (Å²) < 4.78 is 11.5. The van der Waals surface area contributed by atoms with Crippen LogP contribution in [0.3, 0.4) is 0 Å². The van der Waals surface area contributed by atoms with Gasteiger partial charge in [-0.25, -0.2) is 0 Å². The van der Waals surface area contributed by atoms with Crippen molar-refractivity contribution >= 4 is 0 Å². The molecule has 0 saturated heterocycles. The molecule has 1 aromatic rings. The van der Waals surface area contributed by atoms with Crippen molar-refractivity contribution in [1.29, 1.82) is 0 Å². The van der Waals surface area contributed by atoms with Gasteiger partial charge >= 0.3 is 0 Å². The highest BCUT2D eigenvalue weighted by Crippen LogP contribution is 2.46. The molecule has 0 radical (unpaired) electrons. The van der Waals surface area contributed by atoms with E-state index in [1.807, 2.05) is 20.8 Å². The molecule has 2 N–H and O–H groups in total. The van der Waals surface area contributed by atoms with Crippen LogP contribution < -0.4 is 5.73 Å². The number of aromatic nitrogens is 2. The zero-order chi connectivity index (χ0) is 15.7. The van der Waals surface area contributed by atoms with E-state index in [1.54, 1.807) is 0 Å². The standard InChI is InChI=1S/C16H29N3O2/c1-6-20-16(9-7-15(4,5)8-10-16)14-18-13(21-19-14)11(2)12(3)17/h11-12H,6-10,17H2,1-5H3. The van der Waals surface area contributed by atoms with Crippen LogP contribution in [0, 0.1) is 5.41 Å². The molecule has 1 aliphatic rings. The molecule has 0 bridgehead atoms.